The predicted octanol–water partition coefficient (Wildman–Crippen LogP) is 4.94. The number of aromatic nitrogens is 1. The number of hydrogen-bond donors (Lipinski definition) is 1. The molecule has 1 fully saturated rings. The van der Waals surface area contributed by atoms with E-state index in [4.69, 9.17) is 24.1 Å². The topological polar surface area (TPSA) is 94.6 Å². The van der Waals surface area contributed by atoms with E-state index in [1.165, 1.54) is 29.5 Å². The van der Waals surface area contributed by atoms with Gasteiger partial charge >= 0.3 is 5.97 Å². The van der Waals surface area contributed by atoms with Gasteiger partial charge in [0.2, 0.25) is 6.79 Å². The quantitative estimate of drug-likeness (QED) is 0.301. The van der Waals surface area contributed by atoms with E-state index >= 15 is 0 Å². The minimum Gasteiger partial charge on any atom is -0.457 e. The molecule has 1 aromatic heterocycles. The number of fused-ring (bicyclic) bond motifs is 4. The first kappa shape index (κ1) is 24.0. The van der Waals surface area contributed by atoms with Crippen molar-refractivity contribution in [2.45, 2.75) is 64.0 Å². The Morgan fingerprint density at radius 3 is 2.68 bits per heavy atom. The average Bonchev–Trinajstić information content (AvgIpc) is 3.52. The summed E-state index contributed by atoms with van der Waals surface area (Å²) < 4.78 is 23.2. The highest BCUT2D eigenvalue weighted by Gasteiger charge is 2.34. The third-order valence-corrected chi connectivity index (χ3v) is 8.16. The molecule has 0 atom stereocenters. The molecule has 8 nitrogen and oxygen atoms in total. The van der Waals surface area contributed by atoms with E-state index < -0.39 is 5.97 Å². The van der Waals surface area contributed by atoms with E-state index in [2.05, 4.69) is 30.4 Å². The zero-order valence-electron chi connectivity index (χ0n) is 21.4. The van der Waals surface area contributed by atoms with Crippen LogP contribution in [0.4, 0.5) is 0 Å². The van der Waals surface area contributed by atoms with Crippen molar-refractivity contribution < 1.29 is 28.0 Å². The molecule has 8 heteroatoms. The minimum absolute atomic E-state index is 0.199. The summed E-state index contributed by atoms with van der Waals surface area (Å²) in [4.78, 5) is 13.0. The molecule has 0 spiro atoms. The molecule has 0 saturated carbocycles. The second-order valence-electron chi connectivity index (χ2n) is 10.9. The normalized spacial score (nSPS) is 23.2. The molecular formula is C29H34N3O5+. The van der Waals surface area contributed by atoms with Crippen LogP contribution in [0.3, 0.4) is 0 Å². The highest BCUT2D eigenvalue weighted by molar-refractivity contribution is 6.43. The molecule has 3 aromatic rings. The fraction of sp³-hybridized carbons (Fsp3) is 0.483. The first-order valence-corrected chi connectivity index (χ1v) is 13.4. The number of hydrogen-bond acceptors (Lipinski definition) is 7. The molecule has 1 aliphatic carbocycles. The van der Waals surface area contributed by atoms with Crippen molar-refractivity contribution in [2.24, 2.45) is 0 Å². The number of carbonyl (C=O) groups excluding carboxylic acids is 1. The number of piperidine rings is 1. The number of likely N-dealkylation sites (tertiary alicyclic amines) is 1. The van der Waals surface area contributed by atoms with Crippen LogP contribution in [0.5, 0.6) is 11.5 Å². The third kappa shape index (κ3) is 4.82. The van der Waals surface area contributed by atoms with E-state index in [1.807, 2.05) is 12.1 Å². The molecular weight excluding hydrogens is 470 g/mol. The van der Waals surface area contributed by atoms with Crippen LogP contribution >= 0.6 is 0 Å². The lowest BCUT2D eigenvalue weighted by Gasteiger charge is -2.40. The fourth-order valence-electron chi connectivity index (χ4n) is 6.04. The number of nitrogens with one attached hydrogen (secondary N) is 1. The van der Waals surface area contributed by atoms with Crippen molar-refractivity contribution in [1.29, 1.82) is 5.41 Å². The van der Waals surface area contributed by atoms with Gasteiger partial charge in [-0.05, 0) is 61.1 Å². The van der Waals surface area contributed by atoms with Crippen LogP contribution in [-0.4, -0.2) is 54.4 Å². The van der Waals surface area contributed by atoms with Crippen molar-refractivity contribution in [3.63, 3.8) is 0 Å². The van der Waals surface area contributed by atoms with E-state index in [0.717, 1.165) is 79.5 Å². The molecule has 0 bridgehead atoms. The second kappa shape index (κ2) is 9.82. The van der Waals surface area contributed by atoms with Gasteiger partial charge < -0.3 is 23.2 Å². The van der Waals surface area contributed by atoms with Gasteiger partial charge in [-0.25, -0.2) is 4.79 Å². The van der Waals surface area contributed by atoms with Gasteiger partial charge in [0.05, 0.1) is 25.5 Å². The molecule has 3 aliphatic rings. The second-order valence-corrected chi connectivity index (χ2v) is 10.9. The summed E-state index contributed by atoms with van der Waals surface area (Å²) in [5.74, 6) is 0.987. The van der Waals surface area contributed by atoms with Crippen molar-refractivity contribution in [3.8, 4) is 11.5 Å². The summed E-state index contributed by atoms with van der Waals surface area (Å²) in [6, 6.07) is 10.2. The Bertz CT molecular complexity index is 1340. The molecule has 6 rings (SSSR count). The maximum atomic E-state index is 13.0. The number of quaternary nitrogens is 1. The summed E-state index contributed by atoms with van der Waals surface area (Å²) in [5, 5.41) is 13.6. The Kier molecular flexibility index (Phi) is 6.36. The molecule has 1 saturated heterocycles. The number of esters is 1. The van der Waals surface area contributed by atoms with Gasteiger partial charge in [0.1, 0.15) is 18.3 Å². The van der Waals surface area contributed by atoms with Crippen LogP contribution in [0.1, 0.15) is 60.9 Å². The predicted molar refractivity (Wildman–Crippen MR) is 138 cm³/mol. The van der Waals surface area contributed by atoms with Gasteiger partial charge in [0.25, 0.3) is 0 Å². The van der Waals surface area contributed by atoms with Crippen LogP contribution in [0, 0.1) is 5.41 Å². The van der Waals surface area contributed by atoms with Gasteiger partial charge in [0, 0.05) is 18.4 Å². The fourth-order valence-corrected chi connectivity index (χ4v) is 6.04. The average molecular weight is 505 g/mol. The minimum atomic E-state index is -0.615. The van der Waals surface area contributed by atoms with Gasteiger partial charge in [-0.15, -0.1) is 0 Å². The first-order chi connectivity index (χ1) is 18.0. The number of nitrogens with zero attached hydrogens (tertiary/aromatic N) is 2. The lowest BCUT2D eigenvalue weighted by molar-refractivity contribution is -0.927. The Labute approximate surface area is 216 Å². The molecule has 0 amide bonds. The number of aryl methyl sites for hydroxylation is 2. The molecule has 2 aromatic carbocycles. The number of rotatable bonds is 5. The van der Waals surface area contributed by atoms with Crippen LogP contribution in [0.15, 0.2) is 34.9 Å². The Hall–Kier alpha value is -3.39. The van der Waals surface area contributed by atoms with Gasteiger partial charge in [0.15, 0.2) is 22.8 Å². The largest absolute Gasteiger partial charge is 0.457 e. The van der Waals surface area contributed by atoms with Crippen molar-refractivity contribution >= 4 is 22.7 Å². The summed E-state index contributed by atoms with van der Waals surface area (Å²) in [6.45, 7) is 2.93. The molecule has 3 heterocycles. The van der Waals surface area contributed by atoms with Gasteiger partial charge in [-0.2, -0.15) is 0 Å². The highest BCUT2D eigenvalue weighted by atomic mass is 16.7. The van der Waals surface area contributed by atoms with E-state index in [9.17, 15) is 4.79 Å². The third-order valence-electron chi connectivity index (χ3n) is 8.16. The molecule has 37 heavy (non-hydrogen) atoms. The maximum Gasteiger partial charge on any atom is 0.358 e. The van der Waals surface area contributed by atoms with Crippen LogP contribution in [0.25, 0.3) is 11.0 Å². The Morgan fingerprint density at radius 2 is 1.84 bits per heavy atom. The molecule has 194 valence electrons. The zero-order chi connectivity index (χ0) is 25.4. The van der Waals surface area contributed by atoms with Crippen molar-refractivity contribution in [2.75, 3.05) is 26.9 Å². The lowest BCUT2D eigenvalue weighted by atomic mass is 9.90. The molecule has 0 unspecified atom stereocenters. The smallest absolute Gasteiger partial charge is 0.358 e. The molecule has 1 N–H and O–H groups in total. The number of ether oxygens (including phenoxy) is 3. The maximum absolute atomic E-state index is 13.0. The van der Waals surface area contributed by atoms with Gasteiger partial charge in [-0.3, -0.25) is 5.41 Å². The Morgan fingerprint density at radius 1 is 1.05 bits per heavy atom. The number of carbonyl (C=O) groups is 1. The summed E-state index contributed by atoms with van der Waals surface area (Å²) >= 11 is 0. The standard InChI is InChI=1S/C29H34N3O5/c1-32(17-19-8-10-23-25(16-19)35-18-34-23)14-12-21(13-15-32)36-29(33)27(30)28-26-22-7-5-3-2-4-6-20(22)9-11-24(26)37-31-28/h8-11,16,21,30H,2-7,12-15,17-18H2,1H3/q+1. The van der Waals surface area contributed by atoms with Crippen LogP contribution in [0.2, 0.25) is 0 Å². The van der Waals surface area contributed by atoms with E-state index in [0.29, 0.717) is 11.3 Å². The zero-order valence-corrected chi connectivity index (χ0v) is 21.4. The van der Waals surface area contributed by atoms with E-state index in [-0.39, 0.29) is 18.6 Å². The lowest BCUT2D eigenvalue weighted by Crippen LogP contribution is -2.51. The first-order valence-electron chi connectivity index (χ1n) is 13.4. The van der Waals surface area contributed by atoms with Crippen molar-refractivity contribution in [1.82, 2.24) is 5.16 Å². The SMILES string of the molecule is C[N+]1(Cc2ccc3c(c2)OCO3)CCC(OC(=O)C(=N)c2noc3ccc4c(c23)CCCCCC4)CC1. The summed E-state index contributed by atoms with van der Waals surface area (Å²) in [6.07, 6.45) is 7.95. The molecule has 2 aliphatic heterocycles. The Balaban J connectivity index is 1.11. The van der Waals surface area contributed by atoms with Crippen LogP contribution in [-0.2, 0) is 28.9 Å². The number of benzene rings is 2. The summed E-state index contributed by atoms with van der Waals surface area (Å²) in [5.41, 5.74) is 4.41. The monoisotopic (exact) mass is 504 g/mol. The highest BCUT2D eigenvalue weighted by Crippen LogP contribution is 2.34. The van der Waals surface area contributed by atoms with Crippen LogP contribution < -0.4 is 9.47 Å². The summed E-state index contributed by atoms with van der Waals surface area (Å²) in [7, 11) is 2.24. The molecule has 0 radical (unpaired) electrons. The van der Waals surface area contributed by atoms with E-state index in [1.54, 1.807) is 0 Å². The van der Waals surface area contributed by atoms with Crippen molar-refractivity contribution in [3.05, 3.63) is 52.7 Å². The van der Waals surface area contributed by atoms with Gasteiger partial charge in [-0.1, -0.05) is 24.1 Å².